The molecule has 0 saturated carbocycles. The maximum Gasteiger partial charge on any atom is 0.145 e. The van der Waals surface area contributed by atoms with Crippen LogP contribution in [-0.2, 0) is 0 Å². The van der Waals surface area contributed by atoms with E-state index in [4.69, 9.17) is 10.5 Å². The summed E-state index contributed by atoms with van der Waals surface area (Å²) in [6.45, 7) is 1.19. The summed E-state index contributed by atoms with van der Waals surface area (Å²) in [5.74, 6) is 1.55. The molecular weight excluding hydrogens is 264 g/mol. The van der Waals surface area contributed by atoms with E-state index in [1.165, 1.54) is 0 Å². The summed E-state index contributed by atoms with van der Waals surface area (Å²) < 4.78 is 5.60. The van der Waals surface area contributed by atoms with Gasteiger partial charge in [-0.25, -0.2) is 4.98 Å². The van der Waals surface area contributed by atoms with Gasteiger partial charge in [-0.3, -0.25) is 4.98 Å². The topological polar surface area (TPSA) is 73.1 Å². The van der Waals surface area contributed by atoms with Crippen LogP contribution < -0.4 is 15.8 Å². The Bertz CT molecular complexity index is 728. The number of aromatic nitrogens is 2. The molecule has 3 rings (SSSR count). The van der Waals surface area contributed by atoms with Crippen molar-refractivity contribution in [3.8, 4) is 5.75 Å². The number of anilines is 2. The molecule has 0 aliphatic heterocycles. The number of benzene rings is 2. The van der Waals surface area contributed by atoms with Crippen molar-refractivity contribution in [1.82, 2.24) is 9.97 Å². The van der Waals surface area contributed by atoms with Gasteiger partial charge in [0.05, 0.1) is 23.8 Å². The predicted octanol–water partition coefficient (Wildman–Crippen LogP) is 2.70. The number of para-hydroxylation sites is 2. The molecule has 0 amide bonds. The Labute approximate surface area is 122 Å². The Morgan fingerprint density at radius 1 is 1.00 bits per heavy atom. The first-order chi connectivity index (χ1) is 10.3. The van der Waals surface area contributed by atoms with Crippen LogP contribution in [0.25, 0.3) is 11.0 Å². The molecule has 0 spiro atoms. The van der Waals surface area contributed by atoms with Crippen molar-refractivity contribution in [2.24, 2.45) is 0 Å². The van der Waals surface area contributed by atoms with Crippen molar-refractivity contribution in [2.45, 2.75) is 0 Å². The minimum absolute atomic E-state index is 0.540. The van der Waals surface area contributed by atoms with E-state index >= 15 is 0 Å². The SMILES string of the molecule is Nc1ccc(OCCNc2cnc3ccccc3n2)cc1. The fourth-order valence-corrected chi connectivity index (χ4v) is 1.95. The summed E-state index contributed by atoms with van der Waals surface area (Å²) in [4.78, 5) is 8.83. The van der Waals surface area contributed by atoms with E-state index in [9.17, 15) is 0 Å². The van der Waals surface area contributed by atoms with Crippen LogP contribution in [0.1, 0.15) is 0 Å². The fraction of sp³-hybridized carbons (Fsp3) is 0.125. The van der Waals surface area contributed by atoms with Gasteiger partial charge >= 0.3 is 0 Å². The largest absolute Gasteiger partial charge is 0.492 e. The van der Waals surface area contributed by atoms with Crippen molar-refractivity contribution in [1.29, 1.82) is 0 Å². The smallest absolute Gasteiger partial charge is 0.145 e. The molecule has 0 unspecified atom stereocenters. The van der Waals surface area contributed by atoms with Gasteiger partial charge in [-0.15, -0.1) is 0 Å². The molecule has 5 heteroatoms. The first-order valence-electron chi connectivity index (χ1n) is 6.75. The number of nitrogens with zero attached hydrogens (tertiary/aromatic N) is 2. The summed E-state index contributed by atoms with van der Waals surface area (Å²) >= 11 is 0. The molecular formula is C16H16N4O. The highest BCUT2D eigenvalue weighted by Gasteiger charge is 1.99. The average Bonchev–Trinajstić information content (AvgIpc) is 2.53. The van der Waals surface area contributed by atoms with Gasteiger partial charge in [-0.2, -0.15) is 0 Å². The van der Waals surface area contributed by atoms with E-state index in [1.807, 2.05) is 48.5 Å². The van der Waals surface area contributed by atoms with Crippen molar-refractivity contribution in [3.63, 3.8) is 0 Å². The molecule has 0 bridgehead atoms. The lowest BCUT2D eigenvalue weighted by atomic mass is 10.3. The normalized spacial score (nSPS) is 10.5. The molecule has 0 aliphatic rings. The number of rotatable bonds is 5. The number of ether oxygens (including phenoxy) is 1. The molecule has 3 N–H and O–H groups in total. The molecule has 2 aromatic carbocycles. The minimum atomic E-state index is 0.540. The van der Waals surface area contributed by atoms with Gasteiger partial charge < -0.3 is 15.8 Å². The van der Waals surface area contributed by atoms with E-state index in [0.29, 0.717) is 13.2 Å². The number of hydrogen-bond donors (Lipinski definition) is 2. The van der Waals surface area contributed by atoms with E-state index in [-0.39, 0.29) is 0 Å². The maximum atomic E-state index is 5.62. The van der Waals surface area contributed by atoms with Gasteiger partial charge in [-0.1, -0.05) is 12.1 Å². The molecule has 0 aliphatic carbocycles. The Kier molecular flexibility index (Phi) is 3.82. The minimum Gasteiger partial charge on any atom is -0.492 e. The first kappa shape index (κ1) is 13.2. The van der Waals surface area contributed by atoms with E-state index in [0.717, 1.165) is 28.3 Å². The van der Waals surface area contributed by atoms with Crippen molar-refractivity contribution in [2.75, 3.05) is 24.2 Å². The van der Waals surface area contributed by atoms with Crippen LogP contribution in [0.3, 0.4) is 0 Å². The van der Waals surface area contributed by atoms with Crippen LogP contribution >= 0.6 is 0 Å². The van der Waals surface area contributed by atoms with Crippen molar-refractivity contribution < 1.29 is 4.74 Å². The monoisotopic (exact) mass is 280 g/mol. The summed E-state index contributed by atoms with van der Waals surface area (Å²) in [6, 6.07) is 15.1. The number of hydrogen-bond acceptors (Lipinski definition) is 5. The van der Waals surface area contributed by atoms with Crippen LogP contribution in [0.2, 0.25) is 0 Å². The third-order valence-corrected chi connectivity index (χ3v) is 3.01. The molecule has 3 aromatic rings. The molecule has 21 heavy (non-hydrogen) atoms. The average molecular weight is 280 g/mol. The highest BCUT2D eigenvalue weighted by atomic mass is 16.5. The van der Waals surface area contributed by atoms with Gasteiger partial charge in [0.1, 0.15) is 18.2 Å². The number of nitrogens with two attached hydrogens (primary N) is 1. The molecule has 106 valence electrons. The zero-order chi connectivity index (χ0) is 14.5. The number of fused-ring (bicyclic) bond motifs is 1. The summed E-state index contributed by atoms with van der Waals surface area (Å²) in [5.41, 5.74) is 8.12. The Morgan fingerprint density at radius 2 is 1.76 bits per heavy atom. The molecule has 0 saturated heterocycles. The van der Waals surface area contributed by atoms with Crippen molar-refractivity contribution in [3.05, 3.63) is 54.7 Å². The van der Waals surface area contributed by atoms with Gasteiger partial charge in [0, 0.05) is 5.69 Å². The number of nitrogens with one attached hydrogen (secondary N) is 1. The second-order valence-corrected chi connectivity index (χ2v) is 4.59. The van der Waals surface area contributed by atoms with E-state index in [2.05, 4.69) is 15.3 Å². The van der Waals surface area contributed by atoms with Crippen LogP contribution in [0, 0.1) is 0 Å². The van der Waals surface area contributed by atoms with Gasteiger partial charge in [-0.05, 0) is 36.4 Å². The Morgan fingerprint density at radius 3 is 2.57 bits per heavy atom. The summed E-state index contributed by atoms with van der Waals surface area (Å²) in [5, 5.41) is 3.20. The van der Waals surface area contributed by atoms with E-state index < -0.39 is 0 Å². The van der Waals surface area contributed by atoms with Gasteiger partial charge in [0.2, 0.25) is 0 Å². The van der Waals surface area contributed by atoms with Gasteiger partial charge in [0.15, 0.2) is 0 Å². The molecule has 1 heterocycles. The third-order valence-electron chi connectivity index (χ3n) is 3.01. The fourth-order valence-electron chi connectivity index (χ4n) is 1.95. The molecule has 0 fully saturated rings. The van der Waals surface area contributed by atoms with Crippen LogP contribution in [-0.4, -0.2) is 23.1 Å². The zero-order valence-corrected chi connectivity index (χ0v) is 11.5. The number of nitrogen functional groups attached to an aromatic ring is 1. The standard InChI is InChI=1S/C16H16N4O/c17-12-5-7-13(8-6-12)21-10-9-18-16-11-19-14-3-1-2-4-15(14)20-16/h1-8,11H,9-10,17H2,(H,18,20). The highest BCUT2D eigenvalue weighted by molar-refractivity contribution is 5.75. The van der Waals surface area contributed by atoms with E-state index in [1.54, 1.807) is 6.20 Å². The quantitative estimate of drug-likeness (QED) is 0.555. The second kappa shape index (κ2) is 6.09. The van der Waals surface area contributed by atoms with Crippen LogP contribution in [0.5, 0.6) is 5.75 Å². The lowest BCUT2D eigenvalue weighted by molar-refractivity contribution is 0.333. The lowest BCUT2D eigenvalue weighted by Gasteiger charge is -2.08. The highest BCUT2D eigenvalue weighted by Crippen LogP contribution is 2.13. The third kappa shape index (κ3) is 3.39. The van der Waals surface area contributed by atoms with Crippen LogP contribution in [0.15, 0.2) is 54.7 Å². The molecule has 5 nitrogen and oxygen atoms in total. The molecule has 0 radical (unpaired) electrons. The lowest BCUT2D eigenvalue weighted by Crippen LogP contribution is -2.12. The summed E-state index contributed by atoms with van der Waals surface area (Å²) in [7, 11) is 0. The van der Waals surface area contributed by atoms with Gasteiger partial charge in [0.25, 0.3) is 0 Å². The van der Waals surface area contributed by atoms with Crippen molar-refractivity contribution >= 4 is 22.5 Å². The first-order valence-corrected chi connectivity index (χ1v) is 6.75. The summed E-state index contributed by atoms with van der Waals surface area (Å²) in [6.07, 6.45) is 1.73. The molecule has 0 atom stereocenters. The Hall–Kier alpha value is -2.82. The van der Waals surface area contributed by atoms with Crippen LogP contribution in [0.4, 0.5) is 11.5 Å². The Balaban J connectivity index is 1.53. The predicted molar refractivity (Wildman–Crippen MR) is 84.4 cm³/mol. The maximum absolute atomic E-state index is 5.62. The zero-order valence-electron chi connectivity index (χ0n) is 11.5. The second-order valence-electron chi connectivity index (χ2n) is 4.59. The molecule has 1 aromatic heterocycles.